The molecule has 3 unspecified atom stereocenters. The van der Waals surface area contributed by atoms with Crippen LogP contribution in [-0.2, 0) is 15.9 Å². The molecule has 2 nitrogen and oxygen atoms in total. The molecule has 3 atom stereocenters. The molecule has 0 bridgehead atoms. The van der Waals surface area contributed by atoms with Gasteiger partial charge in [0, 0.05) is 15.8 Å². The Morgan fingerprint density at radius 3 is 2.94 bits per heavy atom. The maximum absolute atomic E-state index is 11.1. The molecule has 1 heterocycles. The van der Waals surface area contributed by atoms with E-state index in [9.17, 15) is 4.21 Å². The van der Waals surface area contributed by atoms with Gasteiger partial charge in [-0.2, -0.15) is 0 Å². The molecule has 17 heavy (non-hydrogen) atoms. The summed E-state index contributed by atoms with van der Waals surface area (Å²) in [5, 5.41) is 3.25. The molecule has 1 aliphatic heterocycles. The van der Waals surface area contributed by atoms with Gasteiger partial charge in [0.05, 0.1) is 5.50 Å². The number of piperidine rings is 1. The lowest BCUT2D eigenvalue weighted by Crippen LogP contribution is -2.35. The summed E-state index contributed by atoms with van der Waals surface area (Å²) in [4.78, 5) is 0.852. The van der Waals surface area contributed by atoms with Crippen molar-refractivity contribution >= 4 is 23.3 Å². The molecule has 0 amide bonds. The van der Waals surface area contributed by atoms with Crippen LogP contribution in [0.1, 0.15) is 31.2 Å². The minimum atomic E-state index is 0.0725. The second-order valence-electron chi connectivity index (χ2n) is 4.62. The molecule has 0 radical (unpaired) electrons. The lowest BCUT2D eigenvalue weighted by atomic mass is 9.81. The van der Waals surface area contributed by atoms with E-state index in [4.69, 9.17) is 11.6 Å². The van der Waals surface area contributed by atoms with Gasteiger partial charge in [0.25, 0.3) is 4.90 Å². The van der Waals surface area contributed by atoms with E-state index >= 15 is 0 Å². The zero-order chi connectivity index (χ0) is 12.3. The maximum atomic E-state index is 11.1. The number of nitrogens with one attached hydrogen (secondary N) is 1. The smallest absolute Gasteiger partial charge is 0.301 e. The van der Waals surface area contributed by atoms with Gasteiger partial charge < -0.3 is 5.32 Å². The van der Waals surface area contributed by atoms with Gasteiger partial charge in [-0.05, 0) is 31.2 Å². The minimum Gasteiger partial charge on any atom is -0.301 e. The normalized spacial score (nSPS) is 26.5. The van der Waals surface area contributed by atoms with Crippen LogP contribution in [0.3, 0.4) is 0 Å². The molecule has 92 valence electrons. The topological polar surface area (TPSA) is 29.1 Å². The molecular weight excluding hydrogens is 254 g/mol. The van der Waals surface area contributed by atoms with Crippen molar-refractivity contribution in [1.29, 1.82) is 0 Å². The van der Waals surface area contributed by atoms with Crippen molar-refractivity contribution in [2.45, 2.75) is 36.1 Å². The van der Waals surface area contributed by atoms with E-state index in [1.54, 1.807) is 0 Å². The van der Waals surface area contributed by atoms with Crippen molar-refractivity contribution in [1.82, 2.24) is 5.32 Å². The maximum Gasteiger partial charge on any atom is 0.505 e. The predicted molar refractivity (Wildman–Crippen MR) is 71.5 cm³/mol. The molecule has 0 aromatic heterocycles. The summed E-state index contributed by atoms with van der Waals surface area (Å²) in [6.45, 7) is 3.17. The molecule has 0 saturated carbocycles. The van der Waals surface area contributed by atoms with Crippen LogP contribution in [0, 0.1) is 5.92 Å². The molecule has 2 rings (SSSR count). The average Bonchev–Trinajstić information content (AvgIpc) is 2.38. The van der Waals surface area contributed by atoms with Crippen molar-refractivity contribution in [3.05, 3.63) is 29.8 Å². The molecule has 1 saturated heterocycles. The van der Waals surface area contributed by atoms with Gasteiger partial charge >= 0.3 is 11.7 Å². The second kappa shape index (κ2) is 5.89. The minimum absolute atomic E-state index is 0.0725. The lowest BCUT2D eigenvalue weighted by molar-refractivity contribution is 0.311. The van der Waals surface area contributed by atoms with E-state index in [2.05, 4.69) is 18.3 Å². The van der Waals surface area contributed by atoms with Crippen LogP contribution in [0.25, 0.3) is 0 Å². The number of benzene rings is 1. The Morgan fingerprint density at radius 2 is 2.24 bits per heavy atom. The fraction of sp³-hybridized carbons (Fsp3) is 0.538. The molecule has 1 fully saturated rings. The standard InChI is InChI=1S/C13H17ClNOS/c1-9(10-6-7-15-13(14)8-10)11-4-2-3-5-12(11)17-16/h2-5,9-10,13,15H,6-8H2,1H3/q+1. The van der Waals surface area contributed by atoms with E-state index in [1.165, 1.54) is 5.56 Å². The van der Waals surface area contributed by atoms with Gasteiger partial charge in [-0.3, -0.25) is 0 Å². The van der Waals surface area contributed by atoms with Crippen LogP contribution in [0.15, 0.2) is 29.2 Å². The zero-order valence-electron chi connectivity index (χ0n) is 9.86. The first kappa shape index (κ1) is 12.9. The van der Waals surface area contributed by atoms with Crippen molar-refractivity contribution < 1.29 is 4.21 Å². The number of hydrogen-bond donors (Lipinski definition) is 1. The SMILES string of the molecule is CC(c1ccccc1[S+]=O)C1CCNC(Cl)C1. The van der Waals surface area contributed by atoms with Gasteiger partial charge in [0.1, 0.15) is 0 Å². The third-order valence-corrected chi connectivity index (χ3v) is 4.48. The zero-order valence-corrected chi connectivity index (χ0v) is 11.4. The Balaban J connectivity index is 2.18. The highest BCUT2D eigenvalue weighted by Crippen LogP contribution is 2.34. The highest BCUT2D eigenvalue weighted by atomic mass is 35.5. The van der Waals surface area contributed by atoms with Crippen LogP contribution in [0.4, 0.5) is 0 Å². The third-order valence-electron chi connectivity index (χ3n) is 3.60. The molecule has 1 aromatic rings. The third kappa shape index (κ3) is 3.03. The van der Waals surface area contributed by atoms with E-state index in [0.717, 1.165) is 24.3 Å². The van der Waals surface area contributed by atoms with Gasteiger partial charge in [0.15, 0.2) is 0 Å². The van der Waals surface area contributed by atoms with Gasteiger partial charge in [-0.25, -0.2) is 0 Å². The van der Waals surface area contributed by atoms with Crippen molar-refractivity contribution in [2.24, 2.45) is 5.92 Å². The summed E-state index contributed by atoms with van der Waals surface area (Å²) in [6, 6.07) is 7.90. The van der Waals surface area contributed by atoms with Crippen LogP contribution in [-0.4, -0.2) is 12.0 Å². The highest BCUT2D eigenvalue weighted by molar-refractivity contribution is 7.65. The van der Waals surface area contributed by atoms with Crippen LogP contribution >= 0.6 is 11.6 Å². The van der Waals surface area contributed by atoms with E-state index in [1.807, 2.05) is 18.2 Å². The van der Waals surface area contributed by atoms with E-state index in [-0.39, 0.29) is 5.50 Å². The summed E-state index contributed by atoms with van der Waals surface area (Å²) in [7, 11) is 0. The number of rotatable bonds is 3. The van der Waals surface area contributed by atoms with E-state index in [0.29, 0.717) is 23.5 Å². The van der Waals surface area contributed by atoms with Gasteiger partial charge in [0.2, 0.25) is 0 Å². The lowest BCUT2D eigenvalue weighted by Gasteiger charge is -2.30. The number of alkyl halides is 1. The predicted octanol–water partition coefficient (Wildman–Crippen LogP) is 3.14. The Bertz CT molecular complexity index is 399. The summed E-state index contributed by atoms with van der Waals surface area (Å²) in [5.74, 6) is 0.961. The second-order valence-corrected chi connectivity index (χ2v) is 5.75. The molecule has 1 aliphatic rings. The number of hydrogen-bond acceptors (Lipinski definition) is 2. The highest BCUT2D eigenvalue weighted by Gasteiger charge is 2.29. The Morgan fingerprint density at radius 1 is 1.47 bits per heavy atom. The van der Waals surface area contributed by atoms with Crippen molar-refractivity contribution in [3.63, 3.8) is 0 Å². The quantitative estimate of drug-likeness (QED) is 0.519. The first-order valence-corrected chi connectivity index (χ1v) is 7.16. The summed E-state index contributed by atoms with van der Waals surface area (Å²) in [5.41, 5.74) is 1.24. The van der Waals surface area contributed by atoms with E-state index < -0.39 is 0 Å². The Kier molecular flexibility index (Phi) is 4.48. The molecular formula is C13H17ClNOS+. The van der Waals surface area contributed by atoms with Crippen LogP contribution in [0.2, 0.25) is 0 Å². The fourth-order valence-electron chi connectivity index (χ4n) is 2.53. The van der Waals surface area contributed by atoms with Gasteiger partial charge in [-0.15, -0.1) is 11.6 Å². The molecule has 0 spiro atoms. The van der Waals surface area contributed by atoms with Crippen LogP contribution < -0.4 is 5.32 Å². The van der Waals surface area contributed by atoms with Crippen molar-refractivity contribution in [2.75, 3.05) is 6.54 Å². The Hall–Kier alpha value is -0.510. The molecule has 0 aliphatic carbocycles. The summed E-state index contributed by atoms with van der Waals surface area (Å²) in [6.07, 6.45) is 2.10. The summed E-state index contributed by atoms with van der Waals surface area (Å²) >= 11 is 6.73. The monoisotopic (exact) mass is 270 g/mol. The summed E-state index contributed by atoms with van der Waals surface area (Å²) < 4.78 is 11.1. The first-order chi connectivity index (χ1) is 8.22. The molecule has 4 heteroatoms. The largest absolute Gasteiger partial charge is 0.505 e. The molecule has 1 aromatic carbocycles. The molecule has 1 N–H and O–H groups in total. The average molecular weight is 271 g/mol. The van der Waals surface area contributed by atoms with Gasteiger partial charge in [-0.1, -0.05) is 25.1 Å². The van der Waals surface area contributed by atoms with Crippen molar-refractivity contribution in [3.8, 4) is 0 Å². The first-order valence-electron chi connectivity index (χ1n) is 5.98. The Labute approximate surface area is 111 Å². The number of halogens is 1. The fourth-order valence-corrected chi connectivity index (χ4v) is 3.36. The van der Waals surface area contributed by atoms with Crippen LogP contribution in [0.5, 0.6) is 0 Å².